The maximum absolute atomic E-state index is 6.15. The van der Waals surface area contributed by atoms with E-state index in [1.54, 1.807) is 6.07 Å². The van der Waals surface area contributed by atoms with Crippen molar-refractivity contribution in [1.29, 1.82) is 0 Å². The predicted molar refractivity (Wildman–Crippen MR) is 114 cm³/mol. The summed E-state index contributed by atoms with van der Waals surface area (Å²) in [4.78, 5) is 5.76. The molecule has 2 aromatic carbocycles. The summed E-state index contributed by atoms with van der Waals surface area (Å²) in [6.45, 7) is 0. The van der Waals surface area contributed by atoms with Crippen LogP contribution in [0.1, 0.15) is 49.0 Å². The molecule has 2 aliphatic rings. The molecule has 3 aromatic rings. The molecule has 1 saturated carbocycles. The Morgan fingerprint density at radius 2 is 1.66 bits per heavy atom. The molecular weight excluding hydrogens is 407 g/mol. The summed E-state index contributed by atoms with van der Waals surface area (Å²) in [5.74, 6) is 1.44. The Bertz CT molecular complexity index is 1030. The average molecular weight is 427 g/mol. The van der Waals surface area contributed by atoms with Crippen LogP contribution in [0, 0.1) is 5.92 Å². The predicted octanol–water partition coefficient (Wildman–Crippen LogP) is 7.05. The Kier molecular flexibility index (Phi) is 5.06. The molecule has 0 amide bonds. The second-order valence-corrected chi connectivity index (χ2v) is 8.58. The van der Waals surface area contributed by atoms with Gasteiger partial charge in [0.1, 0.15) is 0 Å². The highest BCUT2D eigenvalue weighted by Crippen LogP contribution is 2.44. The van der Waals surface area contributed by atoms with E-state index in [-0.39, 0.29) is 6.10 Å². The van der Waals surface area contributed by atoms with Crippen molar-refractivity contribution in [3.8, 4) is 11.3 Å². The molecule has 29 heavy (non-hydrogen) atoms. The second kappa shape index (κ2) is 7.85. The lowest BCUT2D eigenvalue weighted by molar-refractivity contribution is 0.0857. The number of oxime groups is 1. The maximum Gasteiger partial charge on any atom is 0.167 e. The minimum atomic E-state index is -0.139. The van der Waals surface area contributed by atoms with E-state index in [0.717, 1.165) is 54.0 Å². The molecule has 6 heteroatoms. The van der Waals surface area contributed by atoms with Gasteiger partial charge in [-0.3, -0.25) is 0 Å². The first-order chi connectivity index (χ1) is 14.2. The van der Waals surface area contributed by atoms with Gasteiger partial charge >= 0.3 is 0 Å². The smallest absolute Gasteiger partial charge is 0.167 e. The zero-order valence-electron chi connectivity index (χ0n) is 15.7. The zero-order chi connectivity index (χ0) is 19.8. The number of hydrogen-bond acceptors (Lipinski definition) is 4. The van der Waals surface area contributed by atoms with Gasteiger partial charge in [0, 0.05) is 39.9 Å². The van der Waals surface area contributed by atoms with Crippen LogP contribution in [-0.2, 0) is 4.84 Å². The summed E-state index contributed by atoms with van der Waals surface area (Å²) >= 11 is 12.3. The van der Waals surface area contributed by atoms with Gasteiger partial charge in [-0.1, -0.05) is 70.3 Å². The number of halogens is 2. The Hall–Kier alpha value is -2.30. The van der Waals surface area contributed by atoms with Crippen molar-refractivity contribution in [2.45, 2.75) is 37.7 Å². The molecule has 148 valence electrons. The third kappa shape index (κ3) is 3.79. The fourth-order valence-electron chi connectivity index (χ4n) is 4.47. The van der Waals surface area contributed by atoms with E-state index in [4.69, 9.17) is 32.6 Å². The van der Waals surface area contributed by atoms with Gasteiger partial charge in [-0.25, -0.2) is 0 Å². The highest BCUT2D eigenvalue weighted by molar-refractivity contribution is 6.34. The van der Waals surface area contributed by atoms with E-state index < -0.39 is 0 Å². The lowest BCUT2D eigenvalue weighted by Crippen LogP contribution is -2.17. The van der Waals surface area contributed by atoms with Crippen LogP contribution in [0.3, 0.4) is 0 Å². The summed E-state index contributed by atoms with van der Waals surface area (Å²) in [5, 5.41) is 10.1. The molecule has 1 unspecified atom stereocenters. The van der Waals surface area contributed by atoms with E-state index in [1.807, 2.05) is 42.5 Å². The SMILES string of the molecule is Clc1cc(Cl)cc(C2CC([C@@H]3CCC[C@H]3c3cc(-c4ccccc4)on3)=NO2)c1. The van der Waals surface area contributed by atoms with E-state index in [2.05, 4.69) is 16.4 Å². The van der Waals surface area contributed by atoms with E-state index >= 15 is 0 Å². The fourth-order valence-corrected chi connectivity index (χ4v) is 5.01. The van der Waals surface area contributed by atoms with Crippen LogP contribution in [0.2, 0.25) is 10.0 Å². The second-order valence-electron chi connectivity index (χ2n) is 7.71. The van der Waals surface area contributed by atoms with Crippen molar-refractivity contribution < 1.29 is 9.36 Å². The molecule has 0 spiro atoms. The quantitative estimate of drug-likeness (QED) is 0.448. The molecule has 3 atom stereocenters. The van der Waals surface area contributed by atoms with E-state index in [1.165, 1.54) is 0 Å². The van der Waals surface area contributed by atoms with Crippen LogP contribution >= 0.6 is 23.2 Å². The Morgan fingerprint density at radius 3 is 2.45 bits per heavy atom. The lowest BCUT2D eigenvalue weighted by atomic mass is 9.86. The molecule has 0 radical (unpaired) electrons. The van der Waals surface area contributed by atoms with Crippen LogP contribution in [0.4, 0.5) is 0 Å². The summed E-state index contributed by atoms with van der Waals surface area (Å²) in [6.07, 6.45) is 3.93. The van der Waals surface area contributed by atoms with Crippen molar-refractivity contribution in [1.82, 2.24) is 5.16 Å². The molecule has 1 aromatic heterocycles. The van der Waals surface area contributed by atoms with Gasteiger partial charge in [-0.2, -0.15) is 0 Å². The molecular formula is C23H20Cl2N2O2. The number of aromatic nitrogens is 1. The molecule has 2 heterocycles. The Morgan fingerprint density at radius 1 is 0.897 bits per heavy atom. The Labute approximate surface area is 179 Å². The number of nitrogens with zero attached hydrogens (tertiary/aromatic N) is 2. The van der Waals surface area contributed by atoms with Crippen molar-refractivity contribution in [2.75, 3.05) is 0 Å². The molecule has 0 saturated heterocycles. The molecule has 0 bridgehead atoms. The maximum atomic E-state index is 6.15. The first-order valence-corrected chi connectivity index (χ1v) is 10.6. The fraction of sp³-hybridized carbons (Fsp3) is 0.304. The minimum absolute atomic E-state index is 0.139. The molecule has 1 fully saturated rings. The van der Waals surface area contributed by atoms with Crippen LogP contribution < -0.4 is 0 Å². The monoisotopic (exact) mass is 426 g/mol. The van der Waals surface area contributed by atoms with Gasteiger partial charge in [-0.05, 0) is 36.6 Å². The third-order valence-corrected chi connectivity index (χ3v) is 6.30. The van der Waals surface area contributed by atoms with Crippen molar-refractivity contribution >= 4 is 28.9 Å². The van der Waals surface area contributed by atoms with Gasteiger partial charge in [0.05, 0.1) is 11.4 Å². The summed E-state index contributed by atoms with van der Waals surface area (Å²) < 4.78 is 5.64. The molecule has 1 aliphatic carbocycles. The van der Waals surface area contributed by atoms with E-state index in [0.29, 0.717) is 21.9 Å². The average Bonchev–Trinajstić information content (AvgIpc) is 3.46. The third-order valence-electron chi connectivity index (χ3n) is 5.86. The molecule has 5 rings (SSSR count). The standard InChI is InChI=1S/C23H20Cl2N2O2/c24-16-9-15(10-17(25)11-16)23-13-21(27-29-23)19-8-4-7-18(19)20-12-22(28-26-20)14-5-2-1-3-6-14/h1-3,5-6,9-12,18-19,23H,4,7-8,13H2/t18-,19-,23?/m1/s1. The van der Waals surface area contributed by atoms with Crippen molar-refractivity contribution in [3.63, 3.8) is 0 Å². The lowest BCUT2D eigenvalue weighted by Gasteiger charge is -2.16. The van der Waals surface area contributed by atoms with Gasteiger partial charge < -0.3 is 9.36 Å². The molecule has 0 N–H and O–H groups in total. The largest absolute Gasteiger partial charge is 0.387 e. The Balaban J connectivity index is 1.33. The number of benzene rings is 2. The summed E-state index contributed by atoms with van der Waals surface area (Å²) in [5.41, 5.74) is 4.10. The number of hydrogen-bond donors (Lipinski definition) is 0. The van der Waals surface area contributed by atoms with Crippen LogP contribution in [0.5, 0.6) is 0 Å². The topological polar surface area (TPSA) is 47.6 Å². The first-order valence-electron chi connectivity index (χ1n) is 9.88. The van der Waals surface area contributed by atoms with Gasteiger partial charge in [0.2, 0.25) is 0 Å². The zero-order valence-corrected chi connectivity index (χ0v) is 17.2. The number of rotatable bonds is 4. The van der Waals surface area contributed by atoms with Gasteiger partial charge in [0.15, 0.2) is 11.9 Å². The van der Waals surface area contributed by atoms with Crippen LogP contribution in [0.25, 0.3) is 11.3 Å². The first kappa shape index (κ1) is 18.7. The highest BCUT2D eigenvalue weighted by atomic mass is 35.5. The summed E-state index contributed by atoms with van der Waals surface area (Å²) in [6, 6.07) is 17.7. The van der Waals surface area contributed by atoms with Crippen LogP contribution in [0.15, 0.2) is 64.3 Å². The van der Waals surface area contributed by atoms with Crippen molar-refractivity contribution in [3.05, 3.63) is 75.9 Å². The van der Waals surface area contributed by atoms with E-state index in [9.17, 15) is 0 Å². The van der Waals surface area contributed by atoms with Gasteiger partial charge in [0.25, 0.3) is 0 Å². The minimum Gasteiger partial charge on any atom is -0.387 e. The normalized spacial score (nSPS) is 23.8. The molecule has 4 nitrogen and oxygen atoms in total. The van der Waals surface area contributed by atoms with Crippen molar-refractivity contribution in [2.24, 2.45) is 11.1 Å². The highest BCUT2D eigenvalue weighted by Gasteiger charge is 2.38. The summed E-state index contributed by atoms with van der Waals surface area (Å²) in [7, 11) is 0. The van der Waals surface area contributed by atoms with Gasteiger partial charge in [-0.15, -0.1) is 0 Å². The van der Waals surface area contributed by atoms with Crippen LogP contribution in [-0.4, -0.2) is 10.9 Å². The molecule has 1 aliphatic heterocycles.